The summed E-state index contributed by atoms with van der Waals surface area (Å²) in [6.07, 6.45) is 4.38. The van der Waals surface area contributed by atoms with Crippen LogP contribution in [0.25, 0.3) is 6.08 Å². The molecule has 0 aliphatic carbocycles. The molecule has 1 aromatic carbocycles. The van der Waals surface area contributed by atoms with Crippen molar-refractivity contribution in [1.29, 1.82) is 0 Å². The molecule has 2 atom stereocenters. The zero-order chi connectivity index (χ0) is 22.3. The summed E-state index contributed by atoms with van der Waals surface area (Å²) in [5.41, 5.74) is 1.95. The van der Waals surface area contributed by atoms with Crippen molar-refractivity contribution >= 4 is 52.2 Å². The van der Waals surface area contributed by atoms with Crippen LogP contribution in [0.2, 0.25) is 0 Å². The van der Waals surface area contributed by atoms with Crippen molar-refractivity contribution < 1.29 is 19.5 Å². The molecule has 2 N–H and O–H groups in total. The second kappa shape index (κ2) is 11.1. The van der Waals surface area contributed by atoms with Gasteiger partial charge in [0.1, 0.15) is 10.4 Å². The summed E-state index contributed by atoms with van der Waals surface area (Å²) in [7, 11) is 0. The molecule has 1 aliphatic rings. The lowest BCUT2D eigenvalue weighted by Crippen LogP contribution is -2.46. The summed E-state index contributed by atoms with van der Waals surface area (Å²) in [6, 6.07) is 8.84. The Hall–Kier alpha value is -2.45. The van der Waals surface area contributed by atoms with Crippen LogP contribution in [0.4, 0.5) is 0 Å². The van der Waals surface area contributed by atoms with Gasteiger partial charge >= 0.3 is 5.97 Å². The molecule has 1 aromatic rings. The number of nitrogens with zero attached hydrogens (tertiary/aromatic N) is 1. The summed E-state index contributed by atoms with van der Waals surface area (Å²) in [5.74, 6) is -1.91. The van der Waals surface area contributed by atoms with Gasteiger partial charge in [0.2, 0.25) is 5.91 Å². The Kier molecular flexibility index (Phi) is 8.80. The highest BCUT2D eigenvalue weighted by molar-refractivity contribution is 8.26. The number of carbonyl (C=O) groups excluding carboxylic acids is 2. The highest BCUT2D eigenvalue weighted by Crippen LogP contribution is 2.32. The maximum atomic E-state index is 12.7. The first-order valence-corrected chi connectivity index (χ1v) is 11.0. The van der Waals surface area contributed by atoms with E-state index in [1.807, 2.05) is 50.3 Å². The highest BCUT2D eigenvalue weighted by Gasteiger charge is 2.32. The molecular weight excluding hydrogens is 420 g/mol. The first-order chi connectivity index (χ1) is 14.2. The second-order valence-electron chi connectivity index (χ2n) is 7.15. The number of carboxylic acid groups (broad SMARTS) is 1. The van der Waals surface area contributed by atoms with E-state index in [-0.39, 0.29) is 24.8 Å². The van der Waals surface area contributed by atoms with E-state index < -0.39 is 17.9 Å². The average molecular weight is 447 g/mol. The molecule has 1 aliphatic heterocycles. The molecule has 0 bridgehead atoms. The van der Waals surface area contributed by atoms with Crippen molar-refractivity contribution in [2.24, 2.45) is 5.92 Å². The minimum Gasteiger partial charge on any atom is -0.480 e. The van der Waals surface area contributed by atoms with Crippen LogP contribution in [0, 0.1) is 5.92 Å². The number of thioether (sulfide) groups is 1. The maximum absolute atomic E-state index is 12.7. The van der Waals surface area contributed by atoms with Gasteiger partial charge < -0.3 is 10.4 Å². The number of allylic oxidation sites excluding steroid dienone is 2. The van der Waals surface area contributed by atoms with Crippen LogP contribution in [0.1, 0.15) is 39.2 Å². The smallest absolute Gasteiger partial charge is 0.326 e. The topological polar surface area (TPSA) is 86.7 Å². The first kappa shape index (κ1) is 23.8. The fourth-order valence-electron chi connectivity index (χ4n) is 2.90. The summed E-state index contributed by atoms with van der Waals surface area (Å²) in [6.45, 7) is 5.67. The minimum atomic E-state index is -1.06. The van der Waals surface area contributed by atoms with Crippen molar-refractivity contribution in [1.82, 2.24) is 10.2 Å². The fraction of sp³-hybridized carbons (Fsp3) is 0.364. The molecule has 160 valence electrons. The van der Waals surface area contributed by atoms with Crippen LogP contribution in [0.15, 0.2) is 46.9 Å². The van der Waals surface area contributed by atoms with Crippen molar-refractivity contribution in [2.75, 3.05) is 6.54 Å². The van der Waals surface area contributed by atoms with Crippen molar-refractivity contribution in [3.05, 3.63) is 52.4 Å². The number of benzene rings is 1. The SMILES string of the molecule is CCC(C)C(NC(=O)CCN1C(=O)/C(=C\C(C)=C\c2ccccc2)SC1=S)C(=O)O. The van der Waals surface area contributed by atoms with E-state index in [0.717, 1.165) is 11.1 Å². The monoisotopic (exact) mass is 446 g/mol. The van der Waals surface area contributed by atoms with Crippen LogP contribution >= 0.6 is 24.0 Å². The molecule has 0 spiro atoms. The van der Waals surface area contributed by atoms with Gasteiger partial charge in [-0.25, -0.2) is 4.79 Å². The third-order valence-corrected chi connectivity index (χ3v) is 6.16. The molecule has 0 radical (unpaired) electrons. The molecule has 1 heterocycles. The number of thiocarbonyl (C=S) groups is 1. The Labute approximate surface area is 186 Å². The molecule has 2 unspecified atom stereocenters. The number of amides is 2. The number of rotatable bonds is 9. The van der Waals surface area contributed by atoms with Gasteiger partial charge in [0.15, 0.2) is 0 Å². The van der Waals surface area contributed by atoms with Gasteiger partial charge in [-0.15, -0.1) is 0 Å². The number of hydrogen-bond donors (Lipinski definition) is 2. The van der Waals surface area contributed by atoms with Gasteiger partial charge in [-0.3, -0.25) is 14.5 Å². The largest absolute Gasteiger partial charge is 0.480 e. The third kappa shape index (κ3) is 6.53. The first-order valence-electron chi connectivity index (χ1n) is 9.73. The quantitative estimate of drug-likeness (QED) is 0.443. The van der Waals surface area contributed by atoms with E-state index in [0.29, 0.717) is 15.6 Å². The van der Waals surface area contributed by atoms with Crippen molar-refractivity contribution in [2.45, 2.75) is 39.7 Å². The van der Waals surface area contributed by atoms with Crippen LogP contribution < -0.4 is 5.32 Å². The normalized spacial score (nSPS) is 17.9. The second-order valence-corrected chi connectivity index (χ2v) is 8.83. The molecule has 2 amide bonds. The van der Waals surface area contributed by atoms with Gasteiger partial charge in [-0.2, -0.15) is 0 Å². The molecule has 0 aromatic heterocycles. The molecular formula is C22H26N2O4S2. The van der Waals surface area contributed by atoms with Crippen molar-refractivity contribution in [3.8, 4) is 0 Å². The zero-order valence-electron chi connectivity index (χ0n) is 17.3. The van der Waals surface area contributed by atoms with Crippen LogP contribution in [-0.4, -0.2) is 44.7 Å². The summed E-state index contributed by atoms with van der Waals surface area (Å²) in [5, 5.41) is 11.8. The molecule has 6 nitrogen and oxygen atoms in total. The van der Waals surface area contributed by atoms with Crippen molar-refractivity contribution in [3.63, 3.8) is 0 Å². The lowest BCUT2D eigenvalue weighted by atomic mass is 9.99. The molecule has 30 heavy (non-hydrogen) atoms. The molecule has 0 saturated carbocycles. The minimum absolute atomic E-state index is 0.0151. The Balaban J connectivity index is 1.99. The van der Waals surface area contributed by atoms with Crippen LogP contribution in [-0.2, 0) is 14.4 Å². The Bertz CT molecular complexity index is 880. The Morgan fingerprint density at radius 3 is 2.57 bits per heavy atom. The third-order valence-electron chi connectivity index (χ3n) is 4.78. The van der Waals surface area contributed by atoms with Gasteiger partial charge in [-0.1, -0.05) is 80.7 Å². The fourth-order valence-corrected chi connectivity index (χ4v) is 4.25. The van der Waals surface area contributed by atoms with E-state index in [9.17, 15) is 19.5 Å². The molecule has 1 fully saturated rings. The van der Waals surface area contributed by atoms with Gasteiger partial charge in [-0.05, 0) is 30.1 Å². The maximum Gasteiger partial charge on any atom is 0.326 e. The summed E-state index contributed by atoms with van der Waals surface area (Å²) >= 11 is 6.50. The van der Waals surface area contributed by atoms with Crippen LogP contribution in [0.5, 0.6) is 0 Å². The lowest BCUT2D eigenvalue weighted by Gasteiger charge is -2.21. The standard InChI is InChI=1S/C22H26N2O4S2/c1-4-15(3)19(21(27)28)23-18(25)10-11-24-20(26)17(30-22(24)29)13-14(2)12-16-8-6-5-7-9-16/h5-9,12-13,15,19H,4,10-11H2,1-3H3,(H,23,25)(H,27,28)/b14-12+,17-13+. The van der Waals surface area contributed by atoms with Gasteiger partial charge in [0.25, 0.3) is 5.91 Å². The molecule has 8 heteroatoms. The highest BCUT2D eigenvalue weighted by atomic mass is 32.2. The van der Waals surface area contributed by atoms with Gasteiger partial charge in [0, 0.05) is 13.0 Å². The van der Waals surface area contributed by atoms with E-state index in [1.54, 1.807) is 13.0 Å². The number of carboxylic acids is 1. The number of nitrogens with one attached hydrogen (secondary N) is 1. The summed E-state index contributed by atoms with van der Waals surface area (Å²) in [4.78, 5) is 38.2. The number of carbonyl (C=O) groups is 3. The molecule has 1 saturated heterocycles. The van der Waals surface area contributed by atoms with E-state index in [1.165, 1.54) is 16.7 Å². The predicted octanol–water partition coefficient (Wildman–Crippen LogP) is 3.84. The average Bonchev–Trinajstić information content (AvgIpc) is 2.97. The van der Waals surface area contributed by atoms with E-state index in [4.69, 9.17) is 12.2 Å². The summed E-state index contributed by atoms with van der Waals surface area (Å²) < 4.78 is 0.392. The number of hydrogen-bond acceptors (Lipinski definition) is 5. The van der Waals surface area contributed by atoms with E-state index >= 15 is 0 Å². The Morgan fingerprint density at radius 1 is 1.30 bits per heavy atom. The van der Waals surface area contributed by atoms with Gasteiger partial charge in [0.05, 0.1) is 4.91 Å². The lowest BCUT2D eigenvalue weighted by molar-refractivity contribution is -0.143. The number of aliphatic carboxylic acids is 1. The van der Waals surface area contributed by atoms with E-state index in [2.05, 4.69) is 5.32 Å². The Morgan fingerprint density at radius 2 is 1.97 bits per heavy atom. The molecule has 2 rings (SSSR count). The zero-order valence-corrected chi connectivity index (χ0v) is 18.9. The van der Waals surface area contributed by atoms with Crippen LogP contribution in [0.3, 0.4) is 0 Å². The predicted molar refractivity (Wildman–Crippen MR) is 124 cm³/mol.